The van der Waals surface area contributed by atoms with Gasteiger partial charge >= 0.3 is 0 Å². The predicted molar refractivity (Wildman–Crippen MR) is 82.1 cm³/mol. The standard InChI is InChI=1S/C13H15NO2S3/c15-19(16,13-7-4-9-18-13)14-8-10-17-11-12-5-2-1-3-6-12/h1-7,9,14H,8,10-11H2. The van der Waals surface area contributed by atoms with Crippen molar-refractivity contribution in [2.24, 2.45) is 0 Å². The Bertz CT molecular complexity index is 580. The van der Waals surface area contributed by atoms with Crippen molar-refractivity contribution in [1.29, 1.82) is 0 Å². The van der Waals surface area contributed by atoms with Gasteiger partial charge in [-0.15, -0.1) is 11.3 Å². The smallest absolute Gasteiger partial charge is 0.210 e. The van der Waals surface area contributed by atoms with Crippen molar-refractivity contribution in [1.82, 2.24) is 4.72 Å². The van der Waals surface area contributed by atoms with E-state index in [9.17, 15) is 8.42 Å². The number of hydrogen-bond acceptors (Lipinski definition) is 4. The highest BCUT2D eigenvalue weighted by Gasteiger charge is 2.13. The Hall–Kier alpha value is -0.820. The summed E-state index contributed by atoms with van der Waals surface area (Å²) in [4.78, 5) is 0. The second-order valence-electron chi connectivity index (χ2n) is 3.87. The van der Waals surface area contributed by atoms with Crippen LogP contribution in [0.15, 0.2) is 52.1 Å². The molecule has 0 bridgehead atoms. The predicted octanol–water partition coefficient (Wildman–Crippen LogP) is 2.96. The van der Waals surface area contributed by atoms with Crippen LogP contribution < -0.4 is 4.72 Å². The zero-order valence-electron chi connectivity index (χ0n) is 10.3. The number of benzene rings is 1. The Kier molecular flexibility index (Phi) is 5.45. The maximum atomic E-state index is 11.8. The lowest BCUT2D eigenvalue weighted by Gasteiger charge is -2.04. The molecular formula is C13H15NO2S3. The van der Waals surface area contributed by atoms with E-state index in [0.717, 1.165) is 11.5 Å². The first-order chi connectivity index (χ1) is 9.18. The minimum absolute atomic E-state index is 0.376. The Morgan fingerprint density at radius 1 is 1.11 bits per heavy atom. The van der Waals surface area contributed by atoms with Crippen molar-refractivity contribution in [3.8, 4) is 0 Å². The van der Waals surface area contributed by atoms with Crippen LogP contribution in [0, 0.1) is 0 Å². The van der Waals surface area contributed by atoms with Gasteiger partial charge in [-0.25, -0.2) is 13.1 Å². The van der Waals surface area contributed by atoms with E-state index in [1.807, 2.05) is 18.2 Å². The van der Waals surface area contributed by atoms with Crippen LogP contribution in [-0.4, -0.2) is 20.7 Å². The van der Waals surface area contributed by atoms with Crippen molar-refractivity contribution in [3.63, 3.8) is 0 Å². The van der Waals surface area contributed by atoms with Gasteiger partial charge in [-0.1, -0.05) is 36.4 Å². The molecule has 0 amide bonds. The molecule has 2 aromatic rings. The molecule has 3 nitrogen and oxygen atoms in total. The van der Waals surface area contributed by atoms with Gasteiger partial charge in [0.05, 0.1) is 0 Å². The average Bonchev–Trinajstić information content (AvgIpc) is 2.94. The number of nitrogens with one attached hydrogen (secondary N) is 1. The third kappa shape index (κ3) is 4.65. The van der Waals surface area contributed by atoms with E-state index in [1.165, 1.54) is 16.9 Å². The van der Waals surface area contributed by atoms with Crippen molar-refractivity contribution in [2.45, 2.75) is 9.96 Å². The van der Waals surface area contributed by atoms with Crippen molar-refractivity contribution < 1.29 is 8.42 Å². The molecule has 0 aliphatic carbocycles. The second-order valence-corrected chi connectivity index (χ2v) is 7.91. The molecule has 0 radical (unpaired) electrons. The average molecular weight is 313 g/mol. The van der Waals surface area contributed by atoms with Gasteiger partial charge in [0, 0.05) is 18.1 Å². The molecule has 1 aromatic carbocycles. The fraction of sp³-hybridized carbons (Fsp3) is 0.231. The Morgan fingerprint density at radius 3 is 2.58 bits per heavy atom. The summed E-state index contributed by atoms with van der Waals surface area (Å²) in [5.41, 5.74) is 1.26. The normalized spacial score (nSPS) is 11.6. The fourth-order valence-corrected chi connectivity index (χ4v) is 4.52. The van der Waals surface area contributed by atoms with Crippen LogP contribution in [0.3, 0.4) is 0 Å². The van der Waals surface area contributed by atoms with Crippen molar-refractivity contribution in [3.05, 3.63) is 53.4 Å². The monoisotopic (exact) mass is 313 g/mol. The first-order valence-corrected chi connectivity index (χ1v) is 9.35. The molecule has 0 spiro atoms. The third-order valence-corrected chi connectivity index (χ3v) is 6.30. The van der Waals surface area contributed by atoms with E-state index in [0.29, 0.717) is 10.8 Å². The fourth-order valence-electron chi connectivity index (χ4n) is 1.50. The lowest BCUT2D eigenvalue weighted by molar-refractivity contribution is 0.586. The van der Waals surface area contributed by atoms with Gasteiger partial charge in [-0.05, 0) is 17.0 Å². The van der Waals surface area contributed by atoms with E-state index in [-0.39, 0.29) is 0 Å². The quantitative estimate of drug-likeness (QED) is 0.799. The number of hydrogen-bond donors (Lipinski definition) is 1. The number of sulfonamides is 1. The summed E-state index contributed by atoms with van der Waals surface area (Å²) < 4.78 is 26.6. The zero-order valence-corrected chi connectivity index (χ0v) is 12.7. The van der Waals surface area contributed by atoms with Gasteiger partial charge in [-0.2, -0.15) is 11.8 Å². The molecule has 0 aliphatic rings. The van der Waals surface area contributed by atoms with E-state index in [1.54, 1.807) is 29.3 Å². The van der Waals surface area contributed by atoms with E-state index in [4.69, 9.17) is 0 Å². The molecule has 0 saturated carbocycles. The maximum Gasteiger partial charge on any atom is 0.250 e. The van der Waals surface area contributed by atoms with Crippen LogP contribution in [0.5, 0.6) is 0 Å². The SMILES string of the molecule is O=S(=O)(NCCSCc1ccccc1)c1cccs1. The van der Waals surface area contributed by atoms with Crippen LogP contribution in [-0.2, 0) is 15.8 Å². The maximum absolute atomic E-state index is 11.8. The first-order valence-electron chi connectivity index (χ1n) is 5.83. The van der Waals surface area contributed by atoms with Crippen LogP contribution in [0.25, 0.3) is 0 Å². The van der Waals surface area contributed by atoms with E-state index < -0.39 is 10.0 Å². The Labute approximate surface area is 122 Å². The molecule has 102 valence electrons. The van der Waals surface area contributed by atoms with Crippen molar-refractivity contribution in [2.75, 3.05) is 12.3 Å². The molecule has 0 saturated heterocycles. The lowest BCUT2D eigenvalue weighted by Crippen LogP contribution is -2.25. The minimum Gasteiger partial charge on any atom is -0.210 e. The zero-order chi connectivity index (χ0) is 13.6. The topological polar surface area (TPSA) is 46.2 Å². The molecule has 2 rings (SSSR count). The molecule has 0 fully saturated rings. The molecule has 1 aromatic heterocycles. The van der Waals surface area contributed by atoms with Gasteiger partial charge < -0.3 is 0 Å². The highest BCUT2D eigenvalue weighted by Crippen LogP contribution is 2.15. The van der Waals surface area contributed by atoms with Gasteiger partial charge in [0.15, 0.2) is 0 Å². The largest absolute Gasteiger partial charge is 0.250 e. The molecule has 19 heavy (non-hydrogen) atoms. The van der Waals surface area contributed by atoms with Gasteiger partial charge in [0.2, 0.25) is 10.0 Å². The van der Waals surface area contributed by atoms with Crippen LogP contribution in [0.2, 0.25) is 0 Å². The van der Waals surface area contributed by atoms with E-state index in [2.05, 4.69) is 16.9 Å². The molecular weight excluding hydrogens is 298 g/mol. The summed E-state index contributed by atoms with van der Waals surface area (Å²) in [7, 11) is -3.31. The summed E-state index contributed by atoms with van der Waals surface area (Å²) in [6.45, 7) is 0.456. The van der Waals surface area contributed by atoms with E-state index >= 15 is 0 Å². The minimum atomic E-state index is -3.31. The number of rotatable bonds is 7. The Morgan fingerprint density at radius 2 is 1.89 bits per heavy atom. The van der Waals surface area contributed by atoms with Crippen LogP contribution >= 0.6 is 23.1 Å². The van der Waals surface area contributed by atoms with Gasteiger partial charge in [-0.3, -0.25) is 0 Å². The summed E-state index contributed by atoms with van der Waals surface area (Å²) >= 11 is 2.95. The van der Waals surface area contributed by atoms with Crippen LogP contribution in [0.1, 0.15) is 5.56 Å². The molecule has 1 heterocycles. The highest BCUT2D eigenvalue weighted by atomic mass is 32.2. The summed E-state index contributed by atoms with van der Waals surface area (Å²) in [6.07, 6.45) is 0. The lowest BCUT2D eigenvalue weighted by atomic mass is 10.2. The van der Waals surface area contributed by atoms with Gasteiger partial charge in [0.25, 0.3) is 0 Å². The molecule has 1 N–H and O–H groups in total. The molecule has 6 heteroatoms. The second kappa shape index (κ2) is 7.09. The number of thioether (sulfide) groups is 1. The highest BCUT2D eigenvalue weighted by molar-refractivity contribution is 7.98. The summed E-state index contributed by atoms with van der Waals surface area (Å²) in [5.74, 6) is 1.67. The number of thiophene rings is 1. The Balaban J connectivity index is 1.70. The van der Waals surface area contributed by atoms with Gasteiger partial charge in [0.1, 0.15) is 4.21 Å². The van der Waals surface area contributed by atoms with Crippen LogP contribution in [0.4, 0.5) is 0 Å². The first kappa shape index (κ1) is 14.6. The summed E-state index contributed by atoms with van der Waals surface area (Å²) in [6, 6.07) is 13.5. The summed E-state index contributed by atoms with van der Waals surface area (Å²) in [5, 5.41) is 1.76. The van der Waals surface area contributed by atoms with Crippen molar-refractivity contribution >= 4 is 33.1 Å². The molecule has 0 atom stereocenters. The molecule has 0 aliphatic heterocycles. The third-order valence-electron chi connectivity index (χ3n) is 2.41. The molecule has 0 unspecified atom stereocenters.